The van der Waals surface area contributed by atoms with E-state index in [9.17, 15) is 26.7 Å². The fourth-order valence-electron chi connectivity index (χ4n) is 3.83. The van der Waals surface area contributed by atoms with Crippen LogP contribution in [0.2, 0.25) is 0 Å². The average Bonchev–Trinajstić information content (AvgIpc) is 3.24. The largest absolute Gasteiger partial charge is 0.488 e. The first-order valence-electron chi connectivity index (χ1n) is 11.3. The number of aliphatic hydroxyl groups is 1. The topological polar surface area (TPSA) is 151 Å². The second-order valence-corrected chi connectivity index (χ2v) is 13.0. The maximum atomic E-state index is 13.2. The molecular weight excluding hydrogens is 510 g/mol. The zero-order chi connectivity index (χ0) is 26.8. The van der Waals surface area contributed by atoms with Gasteiger partial charge in [0.1, 0.15) is 11.9 Å². The Bertz CT molecular complexity index is 1310. The molecule has 0 saturated heterocycles. The van der Waals surface area contributed by atoms with Crippen molar-refractivity contribution >= 4 is 31.6 Å². The molecule has 1 aromatic carbocycles. The standard InChI is InChI=1S/C22H33N5O7S2/c1-15-10-27(16(2)13-28)22(29)9-17-8-18(24-36(32,33)21-12-25(3)14-23-21)6-7-19(17)34-20(15)11-26(4)35(5,30)31/h6-8,12,14-16,20,24,28H,9-11,13H2,1-5H3/t15-,16+,20+/m1/s1. The van der Waals surface area contributed by atoms with Crippen molar-refractivity contribution in [2.45, 2.75) is 37.4 Å². The van der Waals surface area contributed by atoms with Gasteiger partial charge in [-0.05, 0) is 25.1 Å². The number of ether oxygens (including phenoxy) is 1. The van der Waals surface area contributed by atoms with Gasteiger partial charge in [-0.25, -0.2) is 17.7 Å². The zero-order valence-electron chi connectivity index (χ0n) is 20.9. The van der Waals surface area contributed by atoms with Crippen LogP contribution >= 0.6 is 0 Å². The lowest BCUT2D eigenvalue weighted by molar-refractivity contribution is -0.134. The van der Waals surface area contributed by atoms with E-state index in [1.807, 2.05) is 6.92 Å². The molecule has 0 aliphatic carbocycles. The minimum absolute atomic E-state index is 0.0447. The number of amides is 1. The molecule has 200 valence electrons. The van der Waals surface area contributed by atoms with Gasteiger partial charge in [0.25, 0.3) is 10.0 Å². The Morgan fingerprint density at radius 3 is 2.58 bits per heavy atom. The van der Waals surface area contributed by atoms with Crippen molar-refractivity contribution in [2.24, 2.45) is 13.0 Å². The third-order valence-corrected chi connectivity index (χ3v) is 8.68. The van der Waals surface area contributed by atoms with Crippen LogP contribution in [0.3, 0.4) is 0 Å². The highest BCUT2D eigenvalue weighted by atomic mass is 32.2. The fourth-order valence-corrected chi connectivity index (χ4v) is 5.29. The van der Waals surface area contributed by atoms with Crippen LogP contribution in [-0.2, 0) is 38.3 Å². The molecule has 0 saturated carbocycles. The number of imidazole rings is 1. The van der Waals surface area contributed by atoms with Gasteiger partial charge < -0.3 is 19.3 Å². The maximum Gasteiger partial charge on any atom is 0.280 e. The summed E-state index contributed by atoms with van der Waals surface area (Å²) in [6.07, 6.45) is 3.13. The van der Waals surface area contributed by atoms with Crippen molar-refractivity contribution in [3.63, 3.8) is 0 Å². The van der Waals surface area contributed by atoms with Crippen LogP contribution in [-0.4, -0.2) is 91.8 Å². The summed E-state index contributed by atoms with van der Waals surface area (Å²) < 4.78 is 61.0. The van der Waals surface area contributed by atoms with E-state index in [1.165, 1.54) is 40.6 Å². The molecule has 3 rings (SSSR count). The van der Waals surface area contributed by atoms with E-state index in [2.05, 4.69) is 9.71 Å². The van der Waals surface area contributed by atoms with Gasteiger partial charge >= 0.3 is 0 Å². The van der Waals surface area contributed by atoms with Crippen LogP contribution in [0, 0.1) is 5.92 Å². The fraction of sp³-hybridized carbons (Fsp3) is 0.545. The molecule has 0 fully saturated rings. The Morgan fingerprint density at radius 2 is 2.00 bits per heavy atom. The monoisotopic (exact) mass is 543 g/mol. The van der Waals surface area contributed by atoms with Crippen molar-refractivity contribution in [1.29, 1.82) is 0 Å². The molecule has 14 heteroatoms. The van der Waals surface area contributed by atoms with E-state index in [-0.39, 0.29) is 48.7 Å². The van der Waals surface area contributed by atoms with E-state index in [0.717, 1.165) is 6.26 Å². The van der Waals surface area contributed by atoms with Crippen molar-refractivity contribution in [3.05, 3.63) is 36.3 Å². The molecule has 0 radical (unpaired) electrons. The van der Waals surface area contributed by atoms with Gasteiger partial charge in [0.2, 0.25) is 15.9 Å². The molecule has 1 amide bonds. The molecule has 36 heavy (non-hydrogen) atoms. The number of rotatable bonds is 8. The second-order valence-electron chi connectivity index (χ2n) is 9.24. The Hall–Kier alpha value is -2.68. The van der Waals surface area contributed by atoms with Crippen LogP contribution in [0.25, 0.3) is 0 Å². The summed E-state index contributed by atoms with van der Waals surface area (Å²) in [6, 6.07) is 4.12. The zero-order valence-corrected chi connectivity index (χ0v) is 22.6. The van der Waals surface area contributed by atoms with Crippen LogP contribution in [0.15, 0.2) is 35.7 Å². The molecule has 12 nitrogen and oxygen atoms in total. The first kappa shape index (κ1) is 27.9. The highest BCUT2D eigenvalue weighted by Crippen LogP contribution is 2.30. The van der Waals surface area contributed by atoms with Crippen LogP contribution in [0.4, 0.5) is 5.69 Å². The number of nitrogens with one attached hydrogen (secondary N) is 1. The highest BCUT2D eigenvalue weighted by molar-refractivity contribution is 7.92. The molecule has 0 unspecified atom stereocenters. The number of aliphatic hydroxyl groups excluding tert-OH is 1. The highest BCUT2D eigenvalue weighted by Gasteiger charge is 2.32. The van der Waals surface area contributed by atoms with Gasteiger partial charge in [0, 0.05) is 44.0 Å². The van der Waals surface area contributed by atoms with Crippen LogP contribution < -0.4 is 9.46 Å². The maximum absolute atomic E-state index is 13.2. The predicted octanol–water partition coefficient (Wildman–Crippen LogP) is 0.261. The van der Waals surface area contributed by atoms with Gasteiger partial charge in [-0.3, -0.25) is 9.52 Å². The molecule has 1 aliphatic rings. The lowest BCUT2D eigenvalue weighted by atomic mass is 10.0. The summed E-state index contributed by atoms with van der Waals surface area (Å²) in [7, 11) is -4.34. The summed E-state index contributed by atoms with van der Waals surface area (Å²) in [4.78, 5) is 18.7. The number of likely N-dealkylation sites (N-methyl/N-ethyl adjacent to an activating group) is 1. The molecule has 0 spiro atoms. The molecule has 2 N–H and O–H groups in total. The minimum Gasteiger partial charge on any atom is -0.488 e. The third kappa shape index (κ3) is 6.55. The summed E-state index contributed by atoms with van der Waals surface area (Å²) in [5, 5.41) is 9.57. The number of carbonyl (C=O) groups is 1. The number of sulfonamides is 2. The molecule has 1 aromatic heterocycles. The molecular formula is C22H33N5O7S2. The van der Waals surface area contributed by atoms with Gasteiger partial charge in [0.05, 0.1) is 38.2 Å². The van der Waals surface area contributed by atoms with Gasteiger partial charge in [-0.2, -0.15) is 8.42 Å². The van der Waals surface area contributed by atoms with Crippen molar-refractivity contribution in [2.75, 3.05) is 37.7 Å². The number of aryl methyl sites for hydroxylation is 1. The number of benzene rings is 1. The second kappa shape index (κ2) is 10.7. The Kier molecular flexibility index (Phi) is 8.33. The summed E-state index contributed by atoms with van der Waals surface area (Å²) in [5.74, 6) is -0.197. The lowest BCUT2D eigenvalue weighted by Crippen LogP contribution is -2.48. The van der Waals surface area contributed by atoms with Gasteiger partial charge in [0.15, 0.2) is 5.03 Å². The first-order valence-corrected chi connectivity index (χ1v) is 14.7. The predicted molar refractivity (Wildman–Crippen MR) is 133 cm³/mol. The molecule has 0 bridgehead atoms. The van der Waals surface area contributed by atoms with Crippen molar-refractivity contribution in [1.82, 2.24) is 18.8 Å². The lowest BCUT2D eigenvalue weighted by Gasteiger charge is -2.33. The smallest absolute Gasteiger partial charge is 0.280 e. The van der Waals surface area contributed by atoms with E-state index in [4.69, 9.17) is 4.74 Å². The number of carbonyl (C=O) groups excluding carboxylic acids is 1. The van der Waals surface area contributed by atoms with Crippen LogP contribution in [0.5, 0.6) is 5.75 Å². The average molecular weight is 544 g/mol. The van der Waals surface area contributed by atoms with Crippen molar-refractivity contribution < 1.29 is 31.5 Å². The number of nitrogens with zero attached hydrogens (tertiary/aromatic N) is 4. The van der Waals surface area contributed by atoms with E-state index < -0.39 is 32.2 Å². The SMILES string of the molecule is C[C@@H]1CN([C@@H](C)CO)C(=O)Cc2cc(NS(=O)(=O)c3cn(C)cn3)ccc2O[C@H]1CN(C)S(C)(=O)=O. The molecule has 3 atom stereocenters. The van der Waals surface area contributed by atoms with Crippen LogP contribution in [0.1, 0.15) is 19.4 Å². The minimum atomic E-state index is -3.96. The molecule has 2 aromatic rings. The third-order valence-electron chi connectivity index (χ3n) is 6.13. The quantitative estimate of drug-likeness (QED) is 0.481. The number of anilines is 1. The van der Waals surface area contributed by atoms with E-state index >= 15 is 0 Å². The summed E-state index contributed by atoms with van der Waals surface area (Å²) in [6.45, 7) is 3.62. The Morgan fingerprint density at radius 1 is 1.31 bits per heavy atom. The van der Waals surface area contributed by atoms with Crippen molar-refractivity contribution in [3.8, 4) is 5.75 Å². The van der Waals surface area contributed by atoms with E-state index in [0.29, 0.717) is 11.3 Å². The Balaban J connectivity index is 2.00. The number of aromatic nitrogens is 2. The first-order chi connectivity index (χ1) is 16.7. The summed E-state index contributed by atoms with van der Waals surface area (Å²) >= 11 is 0. The molecule has 1 aliphatic heterocycles. The molecule has 2 heterocycles. The van der Waals surface area contributed by atoms with Gasteiger partial charge in [-0.15, -0.1) is 0 Å². The number of fused-ring (bicyclic) bond motifs is 1. The van der Waals surface area contributed by atoms with E-state index in [1.54, 1.807) is 24.9 Å². The Labute approximate surface area is 212 Å². The number of hydrogen-bond donors (Lipinski definition) is 2. The number of hydrogen-bond acceptors (Lipinski definition) is 8. The van der Waals surface area contributed by atoms with Gasteiger partial charge in [-0.1, -0.05) is 6.92 Å². The normalized spacial score (nSPS) is 20.2. The summed E-state index contributed by atoms with van der Waals surface area (Å²) in [5.41, 5.74) is 0.645.